The molecule has 1 heterocycles. The maximum absolute atomic E-state index is 12.9. The molecule has 0 spiro atoms. The van der Waals surface area contributed by atoms with Gasteiger partial charge >= 0.3 is 6.18 Å². The molecule has 0 fully saturated rings. The van der Waals surface area contributed by atoms with E-state index in [-0.39, 0.29) is 5.03 Å². The SMILES string of the molecule is Cc1nc(S)c2cc(C(F)(F)F)cc(N(C)C)c2n1. The number of thiol groups is 1. The minimum atomic E-state index is -4.41. The summed E-state index contributed by atoms with van der Waals surface area (Å²) in [6.45, 7) is 1.68. The van der Waals surface area contributed by atoms with Crippen molar-refractivity contribution in [2.75, 3.05) is 19.0 Å². The molecule has 0 unspecified atom stereocenters. The fraction of sp³-hybridized carbons (Fsp3) is 0.333. The summed E-state index contributed by atoms with van der Waals surface area (Å²) in [7, 11) is 3.34. The maximum atomic E-state index is 12.9. The molecular weight excluding hydrogens is 275 g/mol. The van der Waals surface area contributed by atoms with Gasteiger partial charge in [0.05, 0.1) is 16.8 Å². The van der Waals surface area contributed by atoms with Gasteiger partial charge in [-0.05, 0) is 19.1 Å². The molecule has 0 aliphatic heterocycles. The van der Waals surface area contributed by atoms with E-state index in [9.17, 15) is 13.2 Å². The van der Waals surface area contributed by atoms with Crippen LogP contribution in [0.15, 0.2) is 17.2 Å². The molecule has 1 aromatic heterocycles. The van der Waals surface area contributed by atoms with Crippen molar-refractivity contribution in [1.82, 2.24) is 9.97 Å². The van der Waals surface area contributed by atoms with E-state index >= 15 is 0 Å². The van der Waals surface area contributed by atoms with Crippen LogP contribution >= 0.6 is 12.6 Å². The summed E-state index contributed by atoms with van der Waals surface area (Å²) in [6, 6.07) is 2.12. The van der Waals surface area contributed by atoms with Crippen LogP contribution in [-0.4, -0.2) is 24.1 Å². The molecule has 102 valence electrons. The number of aromatic nitrogens is 2. The van der Waals surface area contributed by atoms with Gasteiger partial charge in [0.15, 0.2) is 0 Å². The highest BCUT2D eigenvalue weighted by Gasteiger charge is 2.32. The van der Waals surface area contributed by atoms with Crippen LogP contribution in [0.2, 0.25) is 0 Å². The minimum Gasteiger partial charge on any atom is -0.376 e. The number of aryl methyl sites for hydroxylation is 1. The van der Waals surface area contributed by atoms with Crippen molar-refractivity contribution in [3.05, 3.63) is 23.5 Å². The predicted molar refractivity (Wildman–Crippen MR) is 70.9 cm³/mol. The summed E-state index contributed by atoms with van der Waals surface area (Å²) in [6.07, 6.45) is -4.41. The Hall–Kier alpha value is -1.50. The van der Waals surface area contributed by atoms with Gasteiger partial charge in [0.1, 0.15) is 10.9 Å². The van der Waals surface area contributed by atoms with Crippen LogP contribution in [0, 0.1) is 6.92 Å². The second-order valence-corrected chi connectivity index (χ2v) is 4.80. The Morgan fingerprint density at radius 3 is 2.32 bits per heavy atom. The third-order valence-corrected chi connectivity index (χ3v) is 3.02. The first-order valence-corrected chi connectivity index (χ1v) is 5.90. The van der Waals surface area contributed by atoms with Crippen LogP contribution in [0.5, 0.6) is 0 Å². The average Bonchev–Trinajstić information content (AvgIpc) is 2.25. The molecule has 19 heavy (non-hydrogen) atoms. The smallest absolute Gasteiger partial charge is 0.376 e. The summed E-state index contributed by atoms with van der Waals surface area (Å²) in [4.78, 5) is 9.80. The number of anilines is 1. The lowest BCUT2D eigenvalue weighted by Gasteiger charge is -2.18. The Balaban J connectivity index is 2.88. The number of benzene rings is 1. The third kappa shape index (κ3) is 2.60. The van der Waals surface area contributed by atoms with Gasteiger partial charge in [0.2, 0.25) is 0 Å². The lowest BCUT2D eigenvalue weighted by molar-refractivity contribution is -0.137. The van der Waals surface area contributed by atoms with Crippen LogP contribution in [0.25, 0.3) is 10.9 Å². The molecule has 3 nitrogen and oxygen atoms in total. The maximum Gasteiger partial charge on any atom is 0.416 e. The largest absolute Gasteiger partial charge is 0.416 e. The quantitative estimate of drug-likeness (QED) is 0.644. The average molecular weight is 287 g/mol. The molecular formula is C12H12F3N3S. The molecule has 2 aromatic rings. The Labute approximate surface area is 113 Å². The molecule has 0 aliphatic rings. The van der Waals surface area contributed by atoms with Gasteiger partial charge in [-0.2, -0.15) is 13.2 Å². The molecule has 0 saturated heterocycles. The molecule has 0 atom stereocenters. The number of hydrogen-bond acceptors (Lipinski definition) is 4. The Bertz CT molecular complexity index is 638. The van der Waals surface area contributed by atoms with Crippen molar-refractivity contribution in [1.29, 1.82) is 0 Å². The van der Waals surface area contributed by atoms with E-state index in [1.807, 2.05) is 0 Å². The number of rotatable bonds is 1. The van der Waals surface area contributed by atoms with E-state index in [1.165, 1.54) is 0 Å². The number of alkyl halides is 3. The van der Waals surface area contributed by atoms with Crippen molar-refractivity contribution in [3.63, 3.8) is 0 Å². The van der Waals surface area contributed by atoms with E-state index in [0.717, 1.165) is 12.1 Å². The normalized spacial score (nSPS) is 11.9. The minimum absolute atomic E-state index is 0.247. The molecule has 7 heteroatoms. The monoisotopic (exact) mass is 287 g/mol. The number of halogens is 3. The summed E-state index contributed by atoms with van der Waals surface area (Å²) in [5.41, 5.74) is 0.132. The number of nitrogens with zero attached hydrogens (tertiary/aromatic N) is 3. The summed E-state index contributed by atoms with van der Waals surface area (Å²) < 4.78 is 38.7. The summed E-state index contributed by atoms with van der Waals surface area (Å²) in [5.74, 6) is 0.473. The standard InChI is InChI=1S/C12H12F3N3S/c1-6-16-10-8(11(19)17-6)4-7(12(13,14)15)5-9(10)18(2)3/h4-5H,1-3H3,(H,16,17,19). The van der Waals surface area contributed by atoms with Gasteiger partial charge < -0.3 is 4.90 Å². The molecule has 0 N–H and O–H groups in total. The summed E-state index contributed by atoms with van der Waals surface area (Å²) >= 11 is 4.14. The zero-order valence-electron chi connectivity index (χ0n) is 10.6. The third-order valence-electron chi connectivity index (χ3n) is 2.68. The van der Waals surface area contributed by atoms with Gasteiger partial charge in [0.25, 0.3) is 0 Å². The van der Waals surface area contributed by atoms with Crippen molar-refractivity contribution < 1.29 is 13.2 Å². The van der Waals surface area contributed by atoms with Gasteiger partial charge in [-0.3, -0.25) is 0 Å². The first-order valence-electron chi connectivity index (χ1n) is 5.46. The lowest BCUT2D eigenvalue weighted by Crippen LogP contribution is -2.13. The zero-order chi connectivity index (χ0) is 14.4. The van der Waals surface area contributed by atoms with E-state index in [1.54, 1.807) is 25.9 Å². The second-order valence-electron chi connectivity index (χ2n) is 4.38. The topological polar surface area (TPSA) is 29.0 Å². The van der Waals surface area contributed by atoms with Crippen molar-refractivity contribution in [2.45, 2.75) is 18.1 Å². The number of hydrogen-bond donors (Lipinski definition) is 1. The van der Waals surface area contributed by atoms with Crippen LogP contribution in [0.4, 0.5) is 18.9 Å². The van der Waals surface area contributed by atoms with Gasteiger partial charge in [-0.25, -0.2) is 9.97 Å². The highest BCUT2D eigenvalue weighted by molar-refractivity contribution is 7.80. The molecule has 0 saturated carbocycles. The molecule has 2 rings (SSSR count). The van der Waals surface area contributed by atoms with Crippen LogP contribution in [-0.2, 0) is 6.18 Å². The first-order chi connectivity index (χ1) is 8.70. The fourth-order valence-corrected chi connectivity index (χ4v) is 2.13. The highest BCUT2D eigenvalue weighted by Crippen LogP contribution is 2.36. The first kappa shape index (κ1) is 13.9. The molecule has 0 aliphatic carbocycles. The fourth-order valence-electron chi connectivity index (χ4n) is 1.81. The Morgan fingerprint density at radius 2 is 1.79 bits per heavy atom. The van der Waals surface area contributed by atoms with Crippen LogP contribution < -0.4 is 4.90 Å². The van der Waals surface area contributed by atoms with E-state index in [4.69, 9.17) is 0 Å². The Morgan fingerprint density at radius 1 is 1.16 bits per heavy atom. The predicted octanol–water partition coefficient (Wildman–Crippen LogP) is 3.31. The van der Waals surface area contributed by atoms with E-state index < -0.39 is 11.7 Å². The molecule has 0 amide bonds. The van der Waals surface area contributed by atoms with E-state index in [2.05, 4.69) is 22.6 Å². The van der Waals surface area contributed by atoms with Crippen LogP contribution in [0.1, 0.15) is 11.4 Å². The van der Waals surface area contributed by atoms with Gasteiger partial charge in [0, 0.05) is 19.5 Å². The molecule has 1 aromatic carbocycles. The van der Waals surface area contributed by atoms with Crippen molar-refractivity contribution in [3.8, 4) is 0 Å². The highest BCUT2D eigenvalue weighted by atomic mass is 32.1. The molecule has 0 radical (unpaired) electrons. The Kier molecular flexibility index (Phi) is 3.34. The molecule has 0 bridgehead atoms. The lowest BCUT2D eigenvalue weighted by atomic mass is 10.1. The second kappa shape index (κ2) is 4.56. The summed E-state index contributed by atoms with van der Waals surface area (Å²) in [5, 5.41) is 0.546. The van der Waals surface area contributed by atoms with Crippen molar-refractivity contribution in [2.24, 2.45) is 0 Å². The van der Waals surface area contributed by atoms with Crippen molar-refractivity contribution >= 4 is 29.2 Å². The van der Waals surface area contributed by atoms with Gasteiger partial charge in [-0.15, -0.1) is 12.6 Å². The van der Waals surface area contributed by atoms with Gasteiger partial charge in [-0.1, -0.05) is 0 Å². The zero-order valence-corrected chi connectivity index (χ0v) is 11.5. The number of fused-ring (bicyclic) bond motifs is 1. The van der Waals surface area contributed by atoms with Crippen LogP contribution in [0.3, 0.4) is 0 Å². The van der Waals surface area contributed by atoms with E-state index in [0.29, 0.717) is 22.4 Å².